The summed E-state index contributed by atoms with van der Waals surface area (Å²) in [5.41, 5.74) is 0. The molecule has 19 heavy (non-hydrogen) atoms. The van der Waals surface area contributed by atoms with Gasteiger partial charge in [-0.2, -0.15) is 0 Å². The number of carbonyl (C=O) groups excluding carboxylic acids is 1. The Balaban J connectivity index is 2.49. The molecule has 1 atom stereocenters. The topological polar surface area (TPSA) is 72.9 Å². The molecule has 1 fully saturated rings. The Bertz CT molecular complexity index is 323. The van der Waals surface area contributed by atoms with Crippen LogP contribution in [0.5, 0.6) is 0 Å². The van der Waals surface area contributed by atoms with E-state index in [1.165, 1.54) is 0 Å². The number of nitrogens with zero attached hydrogens (tertiary/aromatic N) is 2. The van der Waals surface area contributed by atoms with Gasteiger partial charge in [-0.25, -0.2) is 9.59 Å². The molecule has 0 aromatic rings. The zero-order valence-corrected chi connectivity index (χ0v) is 12.2. The lowest BCUT2D eigenvalue weighted by molar-refractivity contribution is -0.140. The van der Waals surface area contributed by atoms with Crippen molar-refractivity contribution in [2.24, 2.45) is 5.92 Å². The van der Waals surface area contributed by atoms with E-state index >= 15 is 0 Å². The fourth-order valence-electron chi connectivity index (χ4n) is 2.32. The van der Waals surface area contributed by atoms with Gasteiger partial charge < -0.3 is 20.2 Å². The van der Waals surface area contributed by atoms with Crippen LogP contribution in [0.25, 0.3) is 0 Å². The number of likely N-dealkylation sites (tertiary alicyclic amines) is 1. The van der Waals surface area contributed by atoms with Crippen LogP contribution in [0.1, 0.15) is 26.7 Å². The molecule has 1 rings (SSSR count). The van der Waals surface area contributed by atoms with Gasteiger partial charge in [-0.05, 0) is 32.9 Å². The fourth-order valence-corrected chi connectivity index (χ4v) is 2.32. The highest BCUT2D eigenvalue weighted by Gasteiger charge is 2.28. The van der Waals surface area contributed by atoms with Crippen molar-refractivity contribution in [1.29, 1.82) is 0 Å². The lowest BCUT2D eigenvalue weighted by Gasteiger charge is -2.35. The second kappa shape index (κ2) is 6.75. The summed E-state index contributed by atoms with van der Waals surface area (Å²) >= 11 is 0. The van der Waals surface area contributed by atoms with Gasteiger partial charge in [0, 0.05) is 19.1 Å². The first-order valence-electron chi connectivity index (χ1n) is 6.77. The Kier molecular flexibility index (Phi) is 5.60. The van der Waals surface area contributed by atoms with Gasteiger partial charge in [-0.1, -0.05) is 13.8 Å². The molecule has 0 unspecified atom stereocenters. The maximum absolute atomic E-state index is 12.0. The fraction of sp³-hybridized carbons (Fsp3) is 0.846. The molecule has 0 aliphatic carbocycles. The van der Waals surface area contributed by atoms with Gasteiger partial charge in [0.2, 0.25) is 0 Å². The van der Waals surface area contributed by atoms with Gasteiger partial charge in [0.05, 0.1) is 0 Å². The molecule has 0 spiro atoms. The standard InChI is InChI=1S/C13H25N3O3/c1-9(2)11(12(17)18)14-13(19)16-7-5-10(6-8-16)15(3)4/h9-11H,5-8H2,1-4H3,(H,14,19)(H,17,18)/t11-/m0/s1. The number of carboxylic acid groups (broad SMARTS) is 1. The minimum Gasteiger partial charge on any atom is -0.480 e. The van der Waals surface area contributed by atoms with Crippen LogP contribution in [-0.4, -0.2) is 66.2 Å². The highest BCUT2D eigenvalue weighted by Crippen LogP contribution is 2.14. The number of nitrogens with one attached hydrogen (secondary N) is 1. The molecule has 6 nitrogen and oxygen atoms in total. The van der Waals surface area contributed by atoms with Crippen LogP contribution < -0.4 is 5.32 Å². The van der Waals surface area contributed by atoms with Crippen LogP contribution >= 0.6 is 0 Å². The third kappa shape index (κ3) is 4.38. The Morgan fingerprint density at radius 1 is 1.26 bits per heavy atom. The van der Waals surface area contributed by atoms with Gasteiger partial charge in [-0.3, -0.25) is 0 Å². The summed E-state index contributed by atoms with van der Waals surface area (Å²) in [6.07, 6.45) is 1.86. The molecular weight excluding hydrogens is 246 g/mol. The van der Waals surface area contributed by atoms with E-state index < -0.39 is 12.0 Å². The predicted octanol–water partition coefficient (Wildman–Crippen LogP) is 0.831. The van der Waals surface area contributed by atoms with Crippen LogP contribution in [0.4, 0.5) is 4.79 Å². The maximum Gasteiger partial charge on any atom is 0.326 e. The zero-order chi connectivity index (χ0) is 14.6. The molecule has 1 saturated heterocycles. The van der Waals surface area contributed by atoms with Crippen LogP contribution in [-0.2, 0) is 4.79 Å². The van der Waals surface area contributed by atoms with Crippen LogP contribution in [0.2, 0.25) is 0 Å². The minimum atomic E-state index is -0.980. The lowest BCUT2D eigenvalue weighted by atomic mass is 10.0. The minimum absolute atomic E-state index is 0.124. The van der Waals surface area contributed by atoms with E-state index in [1.54, 1.807) is 18.7 Å². The van der Waals surface area contributed by atoms with E-state index in [-0.39, 0.29) is 11.9 Å². The average Bonchev–Trinajstić information content (AvgIpc) is 2.34. The quantitative estimate of drug-likeness (QED) is 0.794. The van der Waals surface area contributed by atoms with Crippen molar-refractivity contribution in [1.82, 2.24) is 15.1 Å². The highest BCUT2D eigenvalue weighted by atomic mass is 16.4. The number of hydrogen-bond donors (Lipinski definition) is 2. The summed E-state index contributed by atoms with van der Waals surface area (Å²) in [5, 5.41) is 11.7. The maximum atomic E-state index is 12.0. The molecule has 0 saturated carbocycles. The summed E-state index contributed by atoms with van der Waals surface area (Å²) in [6, 6.07) is -0.582. The van der Waals surface area contributed by atoms with Crippen molar-refractivity contribution in [3.8, 4) is 0 Å². The van der Waals surface area contributed by atoms with Crippen LogP contribution in [0.3, 0.4) is 0 Å². The van der Waals surface area contributed by atoms with E-state index in [2.05, 4.69) is 10.2 Å². The van der Waals surface area contributed by atoms with E-state index in [0.717, 1.165) is 12.8 Å². The molecule has 2 amide bonds. The molecule has 6 heteroatoms. The first-order chi connectivity index (χ1) is 8.82. The molecule has 0 bridgehead atoms. The smallest absolute Gasteiger partial charge is 0.326 e. The average molecular weight is 271 g/mol. The van der Waals surface area contributed by atoms with Crippen molar-refractivity contribution in [2.45, 2.75) is 38.8 Å². The van der Waals surface area contributed by atoms with Crippen molar-refractivity contribution >= 4 is 12.0 Å². The number of amides is 2. The molecule has 1 heterocycles. The number of rotatable bonds is 4. The largest absolute Gasteiger partial charge is 0.480 e. The second-order valence-corrected chi connectivity index (χ2v) is 5.69. The van der Waals surface area contributed by atoms with E-state index in [9.17, 15) is 9.59 Å². The molecule has 0 radical (unpaired) electrons. The van der Waals surface area contributed by atoms with Gasteiger partial charge in [0.25, 0.3) is 0 Å². The van der Waals surface area contributed by atoms with Crippen molar-refractivity contribution in [3.05, 3.63) is 0 Å². The molecule has 110 valence electrons. The summed E-state index contributed by atoms with van der Waals surface area (Å²) in [5.74, 6) is -1.10. The molecule has 1 aliphatic rings. The Labute approximate surface area is 114 Å². The number of urea groups is 1. The SMILES string of the molecule is CC(C)[C@H](NC(=O)N1CCC(N(C)C)CC1)C(=O)O. The number of hydrogen-bond acceptors (Lipinski definition) is 3. The first-order valence-corrected chi connectivity index (χ1v) is 6.77. The van der Waals surface area contributed by atoms with Gasteiger partial charge in [0.15, 0.2) is 0 Å². The Morgan fingerprint density at radius 2 is 1.79 bits per heavy atom. The summed E-state index contributed by atoms with van der Waals surface area (Å²) in [7, 11) is 4.08. The van der Waals surface area contributed by atoms with E-state index in [1.807, 2.05) is 14.1 Å². The third-order valence-corrected chi connectivity index (χ3v) is 3.69. The van der Waals surface area contributed by atoms with Gasteiger partial charge in [-0.15, -0.1) is 0 Å². The van der Waals surface area contributed by atoms with Gasteiger partial charge in [0.1, 0.15) is 6.04 Å². The van der Waals surface area contributed by atoms with E-state index in [0.29, 0.717) is 19.1 Å². The summed E-state index contributed by atoms with van der Waals surface area (Å²) < 4.78 is 0. The summed E-state index contributed by atoms with van der Waals surface area (Å²) in [4.78, 5) is 27.0. The lowest BCUT2D eigenvalue weighted by Crippen LogP contribution is -2.53. The number of carbonyl (C=O) groups is 2. The first kappa shape index (κ1) is 15.8. The monoisotopic (exact) mass is 271 g/mol. The van der Waals surface area contributed by atoms with Crippen molar-refractivity contribution < 1.29 is 14.7 Å². The molecular formula is C13H25N3O3. The Hall–Kier alpha value is -1.30. The van der Waals surface area contributed by atoms with Crippen molar-refractivity contribution in [2.75, 3.05) is 27.2 Å². The number of carboxylic acids is 1. The van der Waals surface area contributed by atoms with Crippen LogP contribution in [0.15, 0.2) is 0 Å². The normalized spacial score (nSPS) is 18.7. The molecule has 1 aliphatic heterocycles. The third-order valence-electron chi connectivity index (χ3n) is 3.69. The molecule has 2 N–H and O–H groups in total. The predicted molar refractivity (Wildman–Crippen MR) is 73.1 cm³/mol. The molecule has 0 aromatic heterocycles. The van der Waals surface area contributed by atoms with Crippen molar-refractivity contribution in [3.63, 3.8) is 0 Å². The number of aliphatic carboxylic acids is 1. The molecule has 0 aromatic carbocycles. The van der Waals surface area contributed by atoms with E-state index in [4.69, 9.17) is 5.11 Å². The van der Waals surface area contributed by atoms with Crippen LogP contribution in [0, 0.1) is 5.92 Å². The number of piperidine rings is 1. The van der Waals surface area contributed by atoms with Gasteiger partial charge >= 0.3 is 12.0 Å². The summed E-state index contributed by atoms with van der Waals surface area (Å²) in [6.45, 7) is 4.94. The second-order valence-electron chi connectivity index (χ2n) is 5.69. The Morgan fingerprint density at radius 3 is 2.16 bits per heavy atom. The zero-order valence-electron chi connectivity index (χ0n) is 12.2. The highest BCUT2D eigenvalue weighted by molar-refractivity contribution is 5.82.